The molecule has 9 aliphatic rings. The van der Waals surface area contributed by atoms with Gasteiger partial charge in [0.2, 0.25) is 0 Å². The second-order valence-corrected chi connectivity index (χ2v) is 30.4. The SMILES string of the molecule is COC.Cc1cccc2c1N1C(=CN(c3ccccc3)C1C)C2.Cc1cccc2c1N1C(=CN(c3ccccc3)C1C)C=C2.Cc1cccc2c1N1C(=CN(c3ccccc3)C1C)c1ccccc1-2.Cc1cccc2c1N1c3c(cccc3N(c3ccccc3)C1C)C2.O=CO.[CH2-]C1=CN(c2ccccc2)C(C)N1c1[c-]cccc1C.[Y]. The molecule has 13 nitrogen and oxygen atoms in total. The molecule has 0 aromatic heterocycles. The van der Waals surface area contributed by atoms with E-state index in [-0.39, 0.29) is 63.8 Å². The maximum absolute atomic E-state index is 8.36. The Balaban J connectivity index is 0.000000118. The fourth-order valence-electron chi connectivity index (χ4n) is 18.0. The van der Waals surface area contributed by atoms with Crippen LogP contribution in [0.25, 0.3) is 22.9 Å². The summed E-state index contributed by atoms with van der Waals surface area (Å²) in [5, 5.41) is 6.89. The Bertz CT molecular complexity index is 5680. The van der Waals surface area contributed by atoms with E-state index in [1.807, 2.05) is 18.2 Å². The van der Waals surface area contributed by atoms with Crippen molar-refractivity contribution < 1.29 is 47.3 Å². The molecule has 587 valence electrons. The first-order chi connectivity index (χ1) is 56.5. The van der Waals surface area contributed by atoms with Gasteiger partial charge >= 0.3 is 0 Å². The fraction of sp³-hybridized carbons (Fsp3) is 0.184. The van der Waals surface area contributed by atoms with E-state index < -0.39 is 0 Å². The summed E-state index contributed by atoms with van der Waals surface area (Å²) in [6, 6.07) is 104. The number of carbonyl (C=O) groups is 1. The zero-order valence-electron chi connectivity index (χ0n) is 69.0. The Labute approximate surface area is 717 Å². The summed E-state index contributed by atoms with van der Waals surface area (Å²) in [5.74, 6) is 0. The molecular formula is C103H102N10O3Y-2. The van der Waals surface area contributed by atoms with Crippen LogP contribution in [0.4, 0.5) is 68.2 Å². The maximum Gasteiger partial charge on any atom is 0.290 e. The van der Waals surface area contributed by atoms with E-state index in [1.54, 1.807) is 14.2 Å². The molecule has 12 aromatic carbocycles. The van der Waals surface area contributed by atoms with Crippen molar-refractivity contribution in [3.8, 4) is 11.1 Å². The largest absolute Gasteiger partial charge is 0.483 e. The Kier molecular flexibility index (Phi) is 24.9. The number of carboxylic acid groups (broad SMARTS) is 1. The van der Waals surface area contributed by atoms with Crippen molar-refractivity contribution in [3.63, 3.8) is 0 Å². The van der Waals surface area contributed by atoms with Crippen molar-refractivity contribution in [1.82, 2.24) is 0 Å². The van der Waals surface area contributed by atoms with Crippen LogP contribution in [0.15, 0.2) is 333 Å². The maximum atomic E-state index is 8.36. The number of anilines is 12. The van der Waals surface area contributed by atoms with Crippen molar-refractivity contribution in [2.75, 3.05) is 63.2 Å². The molecule has 14 heteroatoms. The fourth-order valence-corrected chi connectivity index (χ4v) is 18.0. The van der Waals surface area contributed by atoms with E-state index in [0.717, 1.165) is 24.2 Å². The molecule has 0 saturated carbocycles. The quantitative estimate of drug-likeness (QED) is 0.127. The number of fused-ring (bicyclic) bond motifs is 14. The first-order valence-corrected chi connectivity index (χ1v) is 40.1. The van der Waals surface area contributed by atoms with Crippen molar-refractivity contribution >= 4 is 86.5 Å². The predicted molar refractivity (Wildman–Crippen MR) is 485 cm³/mol. The van der Waals surface area contributed by atoms with Crippen LogP contribution < -0.4 is 49.0 Å². The Morgan fingerprint density at radius 2 is 0.778 bits per heavy atom. The molecule has 1 radical (unpaired) electrons. The minimum Gasteiger partial charge on any atom is -0.483 e. The van der Waals surface area contributed by atoms with Crippen LogP contribution in [-0.4, -0.2) is 56.6 Å². The minimum absolute atomic E-state index is 0. The van der Waals surface area contributed by atoms with Gasteiger partial charge in [0.05, 0.1) is 40.3 Å². The number of rotatable bonds is 6. The van der Waals surface area contributed by atoms with E-state index in [0.29, 0.717) is 6.17 Å². The summed E-state index contributed by atoms with van der Waals surface area (Å²) in [7, 11) is 3.25. The van der Waals surface area contributed by atoms with Gasteiger partial charge < -0.3 is 58.8 Å². The number of nitrogens with zero attached hydrogens (tertiary/aromatic N) is 10. The molecule has 0 fully saturated rings. The molecule has 9 heterocycles. The number of aryl methyl sites for hydroxylation is 5. The Hall–Kier alpha value is -12.3. The van der Waals surface area contributed by atoms with Gasteiger partial charge in [-0.05, 0) is 185 Å². The molecule has 0 bridgehead atoms. The predicted octanol–water partition coefficient (Wildman–Crippen LogP) is 23.9. The minimum atomic E-state index is -0.250. The molecule has 12 aromatic rings. The zero-order chi connectivity index (χ0) is 80.8. The molecule has 9 aliphatic heterocycles. The second kappa shape index (κ2) is 35.9. The van der Waals surface area contributed by atoms with Crippen molar-refractivity contribution in [3.05, 3.63) is 402 Å². The van der Waals surface area contributed by atoms with Gasteiger partial charge in [0.1, 0.15) is 24.7 Å². The molecule has 0 amide bonds. The number of hydrogen-bond donors (Lipinski definition) is 1. The van der Waals surface area contributed by atoms with Crippen LogP contribution in [0.1, 0.15) is 90.3 Å². The van der Waals surface area contributed by atoms with Crippen LogP contribution in [0.3, 0.4) is 0 Å². The number of ether oxygens (including phenoxy) is 1. The molecule has 5 atom stereocenters. The van der Waals surface area contributed by atoms with E-state index in [4.69, 9.17) is 9.90 Å². The number of methoxy groups -OCH3 is 1. The molecule has 0 saturated heterocycles. The Morgan fingerprint density at radius 3 is 1.34 bits per heavy atom. The van der Waals surface area contributed by atoms with Gasteiger partial charge in [0, 0.05) is 135 Å². The van der Waals surface area contributed by atoms with Crippen molar-refractivity contribution in [2.24, 2.45) is 0 Å². The molecule has 117 heavy (non-hydrogen) atoms. The molecule has 0 aliphatic carbocycles. The number of hydrogen-bond acceptors (Lipinski definition) is 12. The number of para-hydroxylation sites is 11. The van der Waals surface area contributed by atoms with E-state index in [9.17, 15) is 0 Å². The molecule has 21 rings (SSSR count). The molecule has 0 spiro atoms. The second-order valence-electron chi connectivity index (χ2n) is 30.4. The topological polar surface area (TPSA) is 78.9 Å². The first-order valence-electron chi connectivity index (χ1n) is 40.1. The summed E-state index contributed by atoms with van der Waals surface area (Å²) < 4.78 is 4.25. The van der Waals surface area contributed by atoms with Crippen LogP contribution in [-0.2, 0) is 55.1 Å². The number of allylic oxidation sites excluding steroid dienone is 3. The summed E-state index contributed by atoms with van der Waals surface area (Å²) in [6.45, 7) is 26.2. The average Bonchev–Trinajstić information content (AvgIpc) is 1.62. The van der Waals surface area contributed by atoms with Crippen molar-refractivity contribution in [2.45, 2.75) is 113 Å². The van der Waals surface area contributed by atoms with E-state index in [1.165, 1.54) is 146 Å². The van der Waals surface area contributed by atoms with Crippen molar-refractivity contribution in [1.29, 1.82) is 0 Å². The normalized spacial score (nSPS) is 17.7. The average molecular weight is 1620 g/mol. The number of benzene rings is 12. The molecule has 1 N–H and O–H groups in total. The molecular weight excluding hydrogens is 1510 g/mol. The van der Waals surface area contributed by atoms with Gasteiger partial charge in [-0.25, -0.2) is 6.92 Å². The van der Waals surface area contributed by atoms with Gasteiger partial charge in [0.25, 0.3) is 6.47 Å². The van der Waals surface area contributed by atoms with E-state index in [2.05, 4.69) is 440 Å². The Morgan fingerprint density at radius 1 is 0.368 bits per heavy atom. The summed E-state index contributed by atoms with van der Waals surface area (Å²) in [4.78, 5) is 32.3. The first kappa shape index (κ1) is 81.3. The third-order valence-electron chi connectivity index (χ3n) is 23.0. The summed E-state index contributed by atoms with van der Waals surface area (Å²) in [6.07, 6.45) is 16.8. The van der Waals surface area contributed by atoms with Crippen LogP contribution in [0.5, 0.6) is 0 Å². The van der Waals surface area contributed by atoms with Gasteiger partial charge in [-0.2, -0.15) is 24.3 Å². The van der Waals surface area contributed by atoms with Crippen LogP contribution >= 0.6 is 0 Å². The third kappa shape index (κ3) is 15.8. The van der Waals surface area contributed by atoms with Gasteiger partial charge in [-0.1, -0.05) is 219 Å². The van der Waals surface area contributed by atoms with Gasteiger partial charge in [-0.3, -0.25) is 4.79 Å². The summed E-state index contributed by atoms with van der Waals surface area (Å²) in [5.41, 5.74) is 36.5. The van der Waals surface area contributed by atoms with Crippen LogP contribution in [0, 0.1) is 47.6 Å². The van der Waals surface area contributed by atoms with Gasteiger partial charge in [0.15, 0.2) is 0 Å². The smallest absolute Gasteiger partial charge is 0.290 e. The summed E-state index contributed by atoms with van der Waals surface area (Å²) >= 11 is 0. The standard InChI is InChI=1S/C23H20N2.C22H20N2.C19H18N2.2C18H18N2.C2H6O.CH2O2.Y/c1-16-9-8-14-21-19-12-6-7-13-20(19)22-15-24(17(2)25(22)23(16)21)18-10-4-3-5-11-18;1-15-8-6-9-17-14-18-10-7-13-20-22(18)24(21(15)17)16(2)23(20)19-11-4-3-5-12-19;1-14-7-6-8-16-11-12-18-13-20(15(2)21(18)19(14)16)17-9-4-3-5-10-17;1-13-7-6-8-15-11-17-12-19(14(2)20(17)18(13)15)16-9-4-3-5-10-16;1-14-9-7-8-12-18(14)20-15(2)13-19(16(20)3)17-10-5-4-6-11-17;1-3-2;2-1-3;/h3-15,17H,1-2H3;3-13,16H,14H2,1-2H3;3-13,15H,1-2H3;3-10,12,14H,11H2,1-2H3;4-11,13,16H,2H2,1,3H3;1-2H3;1H,(H,2,3);/q;;;;-2;;;. The molecule has 5 unspecified atom stereocenters. The monoisotopic (exact) mass is 1620 g/mol. The third-order valence-corrected chi connectivity index (χ3v) is 23.0. The zero-order valence-corrected chi connectivity index (χ0v) is 71.8. The van der Waals surface area contributed by atoms with Gasteiger partial charge in [-0.15, -0.1) is 17.5 Å². The van der Waals surface area contributed by atoms with Crippen LogP contribution in [0.2, 0.25) is 0 Å². The van der Waals surface area contributed by atoms with E-state index >= 15 is 0 Å².